The third kappa shape index (κ3) is 4.27. The second-order valence-corrected chi connectivity index (χ2v) is 6.00. The molecule has 0 aromatic heterocycles. The summed E-state index contributed by atoms with van der Waals surface area (Å²) in [6, 6.07) is 23.5. The lowest BCUT2D eigenvalue weighted by molar-refractivity contribution is -0.385. The molecule has 3 aromatic rings. The van der Waals surface area contributed by atoms with Crippen molar-refractivity contribution >= 4 is 28.9 Å². The highest BCUT2D eigenvalue weighted by Crippen LogP contribution is 2.27. The highest BCUT2D eigenvalue weighted by atomic mass is 16.6. The highest BCUT2D eigenvalue weighted by molar-refractivity contribution is 6.29. The van der Waals surface area contributed by atoms with Crippen molar-refractivity contribution in [2.75, 3.05) is 5.32 Å². The van der Waals surface area contributed by atoms with Gasteiger partial charge in [-0.25, -0.2) is 0 Å². The Morgan fingerprint density at radius 1 is 0.926 bits per heavy atom. The maximum Gasteiger partial charge on any atom is 0.274 e. The molecule has 3 rings (SSSR count). The van der Waals surface area contributed by atoms with Gasteiger partial charge in [0.05, 0.1) is 16.2 Å². The summed E-state index contributed by atoms with van der Waals surface area (Å²) in [6.07, 6.45) is 1.80. The quantitative estimate of drug-likeness (QED) is 0.299. The summed E-state index contributed by atoms with van der Waals surface area (Å²) >= 11 is 0. The first-order valence-electron chi connectivity index (χ1n) is 8.44. The number of nitrogens with zero attached hydrogens (tertiary/aromatic N) is 1. The van der Waals surface area contributed by atoms with E-state index in [2.05, 4.69) is 5.32 Å². The number of carbonyl (C=O) groups is 1. The molecule has 5 nitrogen and oxygen atoms in total. The van der Waals surface area contributed by atoms with Crippen molar-refractivity contribution in [3.63, 3.8) is 0 Å². The Hall–Kier alpha value is -3.73. The van der Waals surface area contributed by atoms with Crippen molar-refractivity contribution < 1.29 is 9.72 Å². The average molecular weight is 358 g/mol. The number of rotatable bonds is 5. The van der Waals surface area contributed by atoms with Crippen LogP contribution in [0.3, 0.4) is 0 Å². The molecule has 0 saturated carbocycles. The monoisotopic (exact) mass is 358 g/mol. The number of hydrogen-bond donors (Lipinski definition) is 1. The predicted octanol–water partition coefficient (Wildman–Crippen LogP) is 5.08. The fourth-order valence-electron chi connectivity index (χ4n) is 2.76. The van der Waals surface area contributed by atoms with Crippen LogP contribution in [-0.2, 0) is 4.79 Å². The lowest BCUT2D eigenvalue weighted by atomic mass is 10.0. The van der Waals surface area contributed by atoms with Crippen LogP contribution >= 0.6 is 0 Å². The standard InChI is InChI=1S/C22H18N2O3/c1-16-20(13-8-14-21(16)24(26)27)23-22(25)19(18-11-6-3-7-12-18)15-17-9-4-2-5-10-17/h2-15H,1H3,(H,23,25). The van der Waals surface area contributed by atoms with Gasteiger partial charge in [0.1, 0.15) is 0 Å². The van der Waals surface area contributed by atoms with Gasteiger partial charge in [-0.05, 0) is 30.2 Å². The molecule has 0 saturated heterocycles. The van der Waals surface area contributed by atoms with Gasteiger partial charge in [0.2, 0.25) is 0 Å². The van der Waals surface area contributed by atoms with Gasteiger partial charge in [-0.1, -0.05) is 66.7 Å². The number of amides is 1. The van der Waals surface area contributed by atoms with Crippen LogP contribution in [-0.4, -0.2) is 10.8 Å². The zero-order chi connectivity index (χ0) is 19.2. The summed E-state index contributed by atoms with van der Waals surface area (Å²) in [7, 11) is 0. The van der Waals surface area contributed by atoms with Crippen LogP contribution in [0.2, 0.25) is 0 Å². The highest BCUT2D eigenvalue weighted by Gasteiger charge is 2.17. The molecule has 0 bridgehead atoms. The van der Waals surface area contributed by atoms with Crippen LogP contribution in [0.5, 0.6) is 0 Å². The minimum atomic E-state index is -0.455. The van der Waals surface area contributed by atoms with Crippen LogP contribution in [0.15, 0.2) is 78.9 Å². The molecule has 134 valence electrons. The summed E-state index contributed by atoms with van der Waals surface area (Å²) in [5.74, 6) is -0.325. The SMILES string of the molecule is Cc1c(NC(=O)C(=Cc2ccccc2)c2ccccc2)cccc1[N+](=O)[O-]. The number of benzene rings is 3. The van der Waals surface area contributed by atoms with Crippen LogP contribution < -0.4 is 5.32 Å². The number of anilines is 1. The first-order valence-corrected chi connectivity index (χ1v) is 8.44. The summed E-state index contributed by atoms with van der Waals surface area (Å²) in [5, 5.41) is 14.0. The first-order chi connectivity index (χ1) is 13.1. The molecule has 0 fully saturated rings. The van der Waals surface area contributed by atoms with Gasteiger partial charge in [0, 0.05) is 11.6 Å². The molecule has 5 heteroatoms. The van der Waals surface area contributed by atoms with E-state index in [0.717, 1.165) is 11.1 Å². The van der Waals surface area contributed by atoms with E-state index < -0.39 is 4.92 Å². The van der Waals surface area contributed by atoms with E-state index in [1.165, 1.54) is 6.07 Å². The fourth-order valence-corrected chi connectivity index (χ4v) is 2.76. The molecule has 0 aliphatic rings. The van der Waals surface area contributed by atoms with Gasteiger partial charge in [-0.3, -0.25) is 14.9 Å². The molecule has 3 aromatic carbocycles. The molecular weight excluding hydrogens is 340 g/mol. The maximum atomic E-state index is 13.0. The van der Waals surface area contributed by atoms with Crippen LogP contribution in [0.1, 0.15) is 16.7 Å². The molecule has 27 heavy (non-hydrogen) atoms. The minimum Gasteiger partial charge on any atom is -0.321 e. The van der Waals surface area contributed by atoms with Crippen molar-refractivity contribution in [2.45, 2.75) is 6.92 Å². The number of nitrogens with one attached hydrogen (secondary N) is 1. The zero-order valence-corrected chi connectivity index (χ0v) is 14.8. The van der Waals surface area contributed by atoms with Crippen molar-refractivity contribution in [1.29, 1.82) is 0 Å². The third-order valence-electron chi connectivity index (χ3n) is 4.19. The first kappa shape index (κ1) is 18.1. The number of nitro groups is 1. The van der Waals surface area contributed by atoms with Gasteiger partial charge >= 0.3 is 0 Å². The Balaban J connectivity index is 1.99. The Kier molecular flexibility index (Phi) is 5.42. The summed E-state index contributed by atoms with van der Waals surface area (Å²) in [6.45, 7) is 1.62. The van der Waals surface area contributed by atoms with E-state index in [9.17, 15) is 14.9 Å². The zero-order valence-electron chi connectivity index (χ0n) is 14.8. The minimum absolute atomic E-state index is 0.0268. The Bertz CT molecular complexity index is 997. The largest absolute Gasteiger partial charge is 0.321 e. The maximum absolute atomic E-state index is 13.0. The molecule has 0 atom stereocenters. The molecule has 0 aliphatic carbocycles. The number of nitro benzene ring substituents is 1. The van der Waals surface area contributed by atoms with Crippen LogP contribution in [0.25, 0.3) is 11.6 Å². The second-order valence-electron chi connectivity index (χ2n) is 6.00. The summed E-state index contributed by atoms with van der Waals surface area (Å²) in [5.41, 5.74) is 2.95. The van der Waals surface area contributed by atoms with Crippen LogP contribution in [0, 0.1) is 17.0 Å². The average Bonchev–Trinajstić information content (AvgIpc) is 2.69. The third-order valence-corrected chi connectivity index (χ3v) is 4.19. The van der Waals surface area contributed by atoms with E-state index in [1.54, 1.807) is 25.1 Å². The molecule has 1 N–H and O–H groups in total. The molecule has 0 aliphatic heterocycles. The van der Waals surface area contributed by atoms with E-state index in [0.29, 0.717) is 16.8 Å². The normalized spacial score (nSPS) is 11.1. The van der Waals surface area contributed by atoms with Gasteiger partial charge in [0.15, 0.2) is 0 Å². The topological polar surface area (TPSA) is 72.2 Å². The van der Waals surface area contributed by atoms with Crippen molar-refractivity contribution in [3.8, 4) is 0 Å². The van der Waals surface area contributed by atoms with Crippen molar-refractivity contribution in [2.24, 2.45) is 0 Å². The van der Waals surface area contributed by atoms with E-state index >= 15 is 0 Å². The predicted molar refractivity (Wildman–Crippen MR) is 107 cm³/mol. The summed E-state index contributed by atoms with van der Waals surface area (Å²) < 4.78 is 0. The summed E-state index contributed by atoms with van der Waals surface area (Å²) in [4.78, 5) is 23.7. The molecule has 0 heterocycles. The molecule has 1 amide bonds. The van der Waals surface area contributed by atoms with E-state index in [1.807, 2.05) is 60.7 Å². The fraction of sp³-hybridized carbons (Fsp3) is 0.0455. The van der Waals surface area contributed by atoms with Crippen molar-refractivity contribution in [1.82, 2.24) is 0 Å². The molecule has 0 unspecified atom stereocenters. The second kappa shape index (κ2) is 8.10. The van der Waals surface area contributed by atoms with Crippen molar-refractivity contribution in [3.05, 3.63) is 106 Å². The van der Waals surface area contributed by atoms with E-state index in [-0.39, 0.29) is 11.6 Å². The van der Waals surface area contributed by atoms with E-state index in [4.69, 9.17) is 0 Å². The molecule has 0 spiro atoms. The van der Waals surface area contributed by atoms with Crippen LogP contribution in [0.4, 0.5) is 11.4 Å². The van der Waals surface area contributed by atoms with Gasteiger partial charge < -0.3 is 5.32 Å². The Labute approximate surface area is 157 Å². The van der Waals surface area contributed by atoms with Gasteiger partial charge in [0.25, 0.3) is 11.6 Å². The Morgan fingerprint density at radius 2 is 1.56 bits per heavy atom. The smallest absolute Gasteiger partial charge is 0.274 e. The molecule has 0 radical (unpaired) electrons. The molecular formula is C22H18N2O3. The number of carbonyl (C=O) groups excluding carboxylic acids is 1. The number of hydrogen-bond acceptors (Lipinski definition) is 3. The van der Waals surface area contributed by atoms with Gasteiger partial charge in [-0.2, -0.15) is 0 Å². The Morgan fingerprint density at radius 3 is 2.19 bits per heavy atom. The lowest BCUT2D eigenvalue weighted by Gasteiger charge is -2.12. The lowest BCUT2D eigenvalue weighted by Crippen LogP contribution is -2.15. The van der Waals surface area contributed by atoms with Gasteiger partial charge in [-0.15, -0.1) is 0 Å².